The zero-order valence-corrected chi connectivity index (χ0v) is 17.3. The average Bonchev–Trinajstić information content (AvgIpc) is 2.97. The van der Waals surface area contributed by atoms with Crippen molar-refractivity contribution in [3.05, 3.63) is 23.3 Å². The second kappa shape index (κ2) is 6.17. The molecule has 1 aliphatic heterocycles. The van der Waals surface area contributed by atoms with Gasteiger partial charge in [0.15, 0.2) is 0 Å². The number of fused-ring (bicyclic) bond motifs is 1. The fourth-order valence-corrected chi connectivity index (χ4v) is 6.00. The van der Waals surface area contributed by atoms with Crippen LogP contribution in [0.4, 0.5) is 0 Å². The van der Waals surface area contributed by atoms with E-state index < -0.39 is 0 Å². The lowest BCUT2D eigenvalue weighted by molar-refractivity contribution is -0.116. The lowest BCUT2D eigenvalue weighted by Crippen LogP contribution is -2.56. The van der Waals surface area contributed by atoms with Crippen LogP contribution in [0, 0.1) is 17.3 Å². The summed E-state index contributed by atoms with van der Waals surface area (Å²) in [5, 5.41) is 10.9. The van der Waals surface area contributed by atoms with Crippen molar-refractivity contribution in [1.82, 2.24) is 0 Å². The van der Waals surface area contributed by atoms with Crippen LogP contribution in [0.5, 0.6) is 11.5 Å². The molecule has 144 valence electrons. The molecule has 26 heavy (non-hydrogen) atoms. The maximum absolute atomic E-state index is 10.9. The summed E-state index contributed by atoms with van der Waals surface area (Å²) in [5.74, 6) is 3.30. The fourth-order valence-electron chi connectivity index (χ4n) is 6.00. The Morgan fingerprint density at radius 3 is 2.62 bits per heavy atom. The third-order valence-electron chi connectivity index (χ3n) is 8.07. The minimum absolute atomic E-state index is 0.0821. The average molecular weight is 357 g/mol. The molecule has 2 heteroatoms. The van der Waals surface area contributed by atoms with Crippen LogP contribution in [0.15, 0.2) is 12.1 Å². The van der Waals surface area contributed by atoms with Gasteiger partial charge in [0.05, 0.1) is 0 Å². The number of hydrogen-bond donors (Lipinski definition) is 1. The van der Waals surface area contributed by atoms with Crippen LogP contribution in [-0.4, -0.2) is 11.2 Å². The van der Waals surface area contributed by atoms with E-state index in [0.717, 1.165) is 30.1 Å². The molecule has 3 saturated carbocycles. The molecule has 1 aromatic rings. The lowest BCUT2D eigenvalue weighted by Gasteiger charge is -2.60. The maximum atomic E-state index is 10.9. The van der Waals surface area contributed by atoms with Gasteiger partial charge in [-0.05, 0) is 59.6 Å². The normalized spacial score (nSPS) is 31.0. The van der Waals surface area contributed by atoms with Crippen LogP contribution in [0.3, 0.4) is 0 Å². The molecule has 1 aromatic carbocycles. The van der Waals surface area contributed by atoms with Gasteiger partial charge in [0.25, 0.3) is 0 Å². The van der Waals surface area contributed by atoms with Crippen molar-refractivity contribution in [2.45, 2.75) is 97.0 Å². The quantitative estimate of drug-likeness (QED) is 0.586. The molecule has 0 aromatic heterocycles. The molecule has 1 heterocycles. The summed E-state index contributed by atoms with van der Waals surface area (Å²) in [4.78, 5) is 0. The molecule has 1 N–H and O–H groups in total. The summed E-state index contributed by atoms with van der Waals surface area (Å²) in [5.41, 5.74) is 2.82. The highest BCUT2D eigenvalue weighted by Gasteiger charge is 2.61. The lowest BCUT2D eigenvalue weighted by atomic mass is 9.44. The smallest absolute Gasteiger partial charge is 0.127 e. The van der Waals surface area contributed by atoms with Gasteiger partial charge < -0.3 is 9.84 Å². The largest absolute Gasteiger partial charge is 0.508 e. The number of phenolic OH excluding ortho intramolecular Hbond substituents is 1. The highest BCUT2D eigenvalue weighted by molar-refractivity contribution is 5.55. The molecular weight excluding hydrogens is 320 g/mol. The highest BCUT2D eigenvalue weighted by Crippen LogP contribution is 2.68. The van der Waals surface area contributed by atoms with Crippen LogP contribution >= 0.6 is 0 Å². The number of benzene rings is 1. The maximum Gasteiger partial charge on any atom is 0.127 e. The highest BCUT2D eigenvalue weighted by atomic mass is 16.5. The van der Waals surface area contributed by atoms with Crippen LogP contribution in [0.2, 0.25) is 0 Å². The van der Waals surface area contributed by atoms with Crippen molar-refractivity contribution >= 4 is 0 Å². The molecule has 0 amide bonds. The van der Waals surface area contributed by atoms with Gasteiger partial charge in [0, 0.05) is 11.5 Å². The first-order chi connectivity index (χ1) is 12.3. The Hall–Kier alpha value is -1.18. The molecule has 2 nitrogen and oxygen atoms in total. The summed E-state index contributed by atoms with van der Waals surface area (Å²) in [7, 11) is 0. The number of aromatic hydroxyl groups is 1. The van der Waals surface area contributed by atoms with Gasteiger partial charge in [-0.1, -0.05) is 60.3 Å². The second-order valence-corrected chi connectivity index (χ2v) is 10.4. The molecule has 5 rings (SSSR count). The third-order valence-corrected chi connectivity index (χ3v) is 8.07. The van der Waals surface area contributed by atoms with Gasteiger partial charge in [0.2, 0.25) is 0 Å². The molecule has 0 unspecified atom stereocenters. The van der Waals surface area contributed by atoms with E-state index in [1.807, 2.05) is 6.07 Å². The number of phenols is 1. The van der Waals surface area contributed by atoms with Crippen LogP contribution in [0.1, 0.15) is 96.6 Å². The van der Waals surface area contributed by atoms with Crippen molar-refractivity contribution in [3.8, 4) is 11.5 Å². The summed E-state index contributed by atoms with van der Waals surface area (Å²) >= 11 is 0. The number of ether oxygens (including phenoxy) is 1. The number of hydrogen-bond acceptors (Lipinski definition) is 2. The molecule has 3 fully saturated rings. The Balaban J connectivity index is 1.59. The van der Waals surface area contributed by atoms with E-state index in [1.54, 1.807) is 0 Å². The van der Waals surface area contributed by atoms with E-state index in [4.69, 9.17) is 4.74 Å². The van der Waals surface area contributed by atoms with Crippen LogP contribution < -0.4 is 4.74 Å². The van der Waals surface area contributed by atoms with E-state index >= 15 is 0 Å². The first kappa shape index (κ1) is 18.2. The number of rotatable bonds is 6. The molecule has 2 bridgehead atoms. The van der Waals surface area contributed by atoms with E-state index in [1.165, 1.54) is 37.7 Å². The first-order valence-corrected chi connectivity index (χ1v) is 10.8. The van der Waals surface area contributed by atoms with E-state index in [0.29, 0.717) is 23.0 Å². The minimum Gasteiger partial charge on any atom is -0.508 e. The summed E-state index contributed by atoms with van der Waals surface area (Å²) in [6, 6.07) is 4.29. The van der Waals surface area contributed by atoms with E-state index in [9.17, 15) is 5.11 Å². The minimum atomic E-state index is 0.0821. The SMILES string of the molecule is CCCCCCC(C)(C)c1cc(O)c2c(c1)O[C@@H]1C[C@H]3C[C@@H]([C@H]21)C3(C)C. The monoisotopic (exact) mass is 356 g/mol. The summed E-state index contributed by atoms with van der Waals surface area (Å²) < 4.78 is 6.40. The van der Waals surface area contributed by atoms with Crippen LogP contribution in [-0.2, 0) is 5.41 Å². The fraction of sp³-hybridized carbons (Fsp3) is 0.750. The van der Waals surface area contributed by atoms with Crippen LogP contribution in [0.25, 0.3) is 0 Å². The zero-order chi connectivity index (χ0) is 18.7. The van der Waals surface area contributed by atoms with Gasteiger partial charge in [-0.15, -0.1) is 0 Å². The second-order valence-electron chi connectivity index (χ2n) is 10.4. The Kier molecular flexibility index (Phi) is 4.32. The molecule has 0 saturated heterocycles. The van der Waals surface area contributed by atoms with E-state index in [2.05, 4.69) is 40.7 Å². The molecule has 4 aliphatic rings. The standard InChI is InChI=1S/C24H36O2/c1-6-7-8-9-10-23(2,3)15-12-18(25)22-20(13-15)26-19-14-16-11-17(21(19)22)24(16,4)5/h12-13,16-17,19,21,25H,6-11,14H2,1-5H3/t16-,17+,19-,21+/m1/s1. The number of unbranched alkanes of at least 4 members (excludes halogenated alkanes) is 3. The molecular formula is C24H36O2. The molecule has 3 aliphatic carbocycles. The van der Waals surface area contributed by atoms with Crippen molar-refractivity contribution in [2.24, 2.45) is 17.3 Å². The molecule has 0 spiro atoms. The van der Waals surface area contributed by atoms with E-state index in [-0.39, 0.29) is 11.5 Å². The summed E-state index contributed by atoms with van der Waals surface area (Å²) in [6.45, 7) is 11.7. The van der Waals surface area contributed by atoms with Gasteiger partial charge >= 0.3 is 0 Å². The Morgan fingerprint density at radius 1 is 1.15 bits per heavy atom. The Bertz CT molecular complexity index is 688. The van der Waals surface area contributed by atoms with Crippen molar-refractivity contribution in [1.29, 1.82) is 0 Å². The summed E-state index contributed by atoms with van der Waals surface area (Å²) in [6.07, 6.45) is 9.05. The zero-order valence-electron chi connectivity index (χ0n) is 17.3. The Labute approximate surface area is 159 Å². The predicted octanol–water partition coefficient (Wildman–Crippen LogP) is 6.55. The predicted molar refractivity (Wildman–Crippen MR) is 107 cm³/mol. The van der Waals surface area contributed by atoms with Crippen molar-refractivity contribution in [2.75, 3.05) is 0 Å². The third kappa shape index (κ3) is 2.67. The van der Waals surface area contributed by atoms with Gasteiger partial charge in [-0.3, -0.25) is 0 Å². The first-order valence-electron chi connectivity index (χ1n) is 10.8. The molecule has 4 atom stereocenters. The van der Waals surface area contributed by atoms with Gasteiger partial charge in [-0.25, -0.2) is 0 Å². The van der Waals surface area contributed by atoms with Crippen molar-refractivity contribution < 1.29 is 9.84 Å². The van der Waals surface area contributed by atoms with Gasteiger partial charge in [0.1, 0.15) is 17.6 Å². The molecule has 0 radical (unpaired) electrons. The van der Waals surface area contributed by atoms with Gasteiger partial charge in [-0.2, -0.15) is 0 Å². The van der Waals surface area contributed by atoms with Crippen molar-refractivity contribution in [3.63, 3.8) is 0 Å². The topological polar surface area (TPSA) is 29.5 Å². The Morgan fingerprint density at radius 2 is 1.92 bits per heavy atom.